The molecule has 1 fully saturated rings. The van der Waals surface area contributed by atoms with Crippen LogP contribution < -0.4 is 5.32 Å². The Morgan fingerprint density at radius 1 is 1.17 bits per heavy atom. The van der Waals surface area contributed by atoms with Crippen LogP contribution in [0.2, 0.25) is 0 Å². The van der Waals surface area contributed by atoms with Crippen molar-refractivity contribution < 1.29 is 9.59 Å². The first-order valence-corrected chi connectivity index (χ1v) is 6.68. The van der Waals surface area contributed by atoms with Crippen LogP contribution in [0.4, 0.5) is 0 Å². The first-order chi connectivity index (χ1) is 8.50. The third kappa shape index (κ3) is 5.04. The zero-order valence-electron chi connectivity index (χ0n) is 11.7. The van der Waals surface area contributed by atoms with Crippen LogP contribution in [-0.4, -0.2) is 61.9 Å². The Morgan fingerprint density at radius 2 is 1.83 bits per heavy atom. The Bertz CT molecular complexity index is 288. The van der Waals surface area contributed by atoms with Crippen molar-refractivity contribution in [2.75, 3.05) is 40.3 Å². The van der Waals surface area contributed by atoms with Gasteiger partial charge in [-0.3, -0.25) is 9.59 Å². The minimum absolute atomic E-state index is 0.0646. The second-order valence-corrected chi connectivity index (χ2v) is 5.23. The number of nitrogens with one attached hydrogen (secondary N) is 1. The van der Waals surface area contributed by atoms with Crippen molar-refractivity contribution in [3.05, 3.63) is 0 Å². The third-order valence-corrected chi connectivity index (χ3v) is 3.42. The Labute approximate surface area is 110 Å². The fourth-order valence-electron chi connectivity index (χ4n) is 1.88. The predicted molar refractivity (Wildman–Crippen MR) is 71.2 cm³/mol. The molecule has 0 radical (unpaired) electrons. The maximum absolute atomic E-state index is 11.6. The van der Waals surface area contributed by atoms with E-state index in [0.29, 0.717) is 19.6 Å². The lowest BCUT2D eigenvalue weighted by atomic mass is 9.85. The number of likely N-dealkylation sites (N-methyl/N-ethyl adjacent to an activating group) is 1. The van der Waals surface area contributed by atoms with Gasteiger partial charge >= 0.3 is 0 Å². The van der Waals surface area contributed by atoms with Crippen LogP contribution in [0.1, 0.15) is 26.2 Å². The highest BCUT2D eigenvalue weighted by atomic mass is 16.2. The average molecular weight is 255 g/mol. The van der Waals surface area contributed by atoms with Crippen molar-refractivity contribution in [2.45, 2.75) is 26.2 Å². The summed E-state index contributed by atoms with van der Waals surface area (Å²) in [5.74, 6) is 0.435. The van der Waals surface area contributed by atoms with Crippen LogP contribution in [0.3, 0.4) is 0 Å². The largest absolute Gasteiger partial charge is 0.354 e. The van der Waals surface area contributed by atoms with E-state index in [0.717, 1.165) is 19.4 Å². The molecule has 0 aliphatic heterocycles. The van der Waals surface area contributed by atoms with Crippen LogP contribution in [0.5, 0.6) is 0 Å². The van der Waals surface area contributed by atoms with Gasteiger partial charge in [-0.15, -0.1) is 0 Å². The lowest BCUT2D eigenvalue weighted by Crippen LogP contribution is -2.42. The van der Waals surface area contributed by atoms with E-state index >= 15 is 0 Å². The summed E-state index contributed by atoms with van der Waals surface area (Å²) < 4.78 is 0. The van der Waals surface area contributed by atoms with Crippen LogP contribution in [0.15, 0.2) is 0 Å². The van der Waals surface area contributed by atoms with Crippen molar-refractivity contribution in [1.82, 2.24) is 15.1 Å². The van der Waals surface area contributed by atoms with Crippen molar-refractivity contribution >= 4 is 11.8 Å². The SMILES string of the molecule is CC(=O)N(CCNC(=O)C1CCC1)CCN(C)C. The van der Waals surface area contributed by atoms with Gasteiger partial charge in [-0.05, 0) is 26.9 Å². The zero-order chi connectivity index (χ0) is 13.5. The second-order valence-electron chi connectivity index (χ2n) is 5.23. The van der Waals surface area contributed by atoms with Gasteiger partial charge in [-0.1, -0.05) is 6.42 Å². The first kappa shape index (κ1) is 15.0. The molecule has 0 saturated heterocycles. The summed E-state index contributed by atoms with van der Waals surface area (Å²) in [7, 11) is 3.97. The molecule has 0 heterocycles. The molecule has 0 bridgehead atoms. The molecule has 0 spiro atoms. The molecule has 18 heavy (non-hydrogen) atoms. The number of hydrogen-bond acceptors (Lipinski definition) is 3. The number of rotatable bonds is 7. The van der Waals surface area contributed by atoms with E-state index in [9.17, 15) is 9.59 Å². The molecule has 0 aromatic carbocycles. The minimum Gasteiger partial charge on any atom is -0.354 e. The second kappa shape index (κ2) is 7.36. The highest BCUT2D eigenvalue weighted by molar-refractivity contribution is 5.79. The predicted octanol–water partition coefficient (Wildman–Crippen LogP) is 0.313. The van der Waals surface area contributed by atoms with Gasteiger partial charge in [0.15, 0.2) is 0 Å². The summed E-state index contributed by atoms with van der Waals surface area (Å²) in [5, 5.41) is 2.91. The van der Waals surface area contributed by atoms with Gasteiger partial charge < -0.3 is 15.1 Å². The van der Waals surface area contributed by atoms with Crippen molar-refractivity contribution in [3.8, 4) is 0 Å². The quantitative estimate of drug-likeness (QED) is 0.712. The molecule has 1 aliphatic carbocycles. The van der Waals surface area contributed by atoms with Crippen LogP contribution >= 0.6 is 0 Å². The van der Waals surface area contributed by atoms with Gasteiger partial charge in [-0.25, -0.2) is 0 Å². The third-order valence-electron chi connectivity index (χ3n) is 3.42. The number of nitrogens with zero attached hydrogens (tertiary/aromatic N) is 2. The molecular formula is C13H25N3O2. The summed E-state index contributed by atoms with van der Waals surface area (Å²) in [6.45, 7) is 4.28. The highest BCUT2D eigenvalue weighted by Crippen LogP contribution is 2.25. The van der Waals surface area contributed by atoms with Gasteiger partial charge in [0, 0.05) is 39.0 Å². The summed E-state index contributed by atoms with van der Waals surface area (Å²) in [6, 6.07) is 0. The zero-order valence-corrected chi connectivity index (χ0v) is 11.7. The minimum atomic E-state index is 0.0646. The number of carbonyl (C=O) groups is 2. The Hall–Kier alpha value is -1.10. The number of carbonyl (C=O) groups excluding carboxylic acids is 2. The lowest BCUT2D eigenvalue weighted by molar-refractivity contribution is -0.130. The van der Waals surface area contributed by atoms with Gasteiger partial charge in [0.25, 0.3) is 0 Å². The molecule has 2 amide bonds. The molecule has 5 nitrogen and oxygen atoms in total. The highest BCUT2D eigenvalue weighted by Gasteiger charge is 2.24. The molecule has 0 unspecified atom stereocenters. The summed E-state index contributed by atoms with van der Waals surface area (Å²) in [4.78, 5) is 26.9. The van der Waals surface area contributed by atoms with E-state index in [1.807, 2.05) is 19.0 Å². The summed E-state index contributed by atoms with van der Waals surface area (Å²) >= 11 is 0. The van der Waals surface area contributed by atoms with E-state index < -0.39 is 0 Å². The van der Waals surface area contributed by atoms with Crippen molar-refractivity contribution in [3.63, 3.8) is 0 Å². The van der Waals surface area contributed by atoms with Crippen LogP contribution in [0.25, 0.3) is 0 Å². The first-order valence-electron chi connectivity index (χ1n) is 6.68. The Balaban J connectivity index is 2.20. The van der Waals surface area contributed by atoms with Crippen molar-refractivity contribution in [2.24, 2.45) is 5.92 Å². The smallest absolute Gasteiger partial charge is 0.223 e. The number of amides is 2. The lowest BCUT2D eigenvalue weighted by Gasteiger charge is -2.26. The van der Waals surface area contributed by atoms with Crippen LogP contribution in [0, 0.1) is 5.92 Å². The van der Waals surface area contributed by atoms with E-state index in [4.69, 9.17) is 0 Å². The molecule has 1 saturated carbocycles. The molecule has 104 valence electrons. The summed E-state index contributed by atoms with van der Waals surface area (Å²) in [5.41, 5.74) is 0. The average Bonchev–Trinajstić information content (AvgIpc) is 2.19. The summed E-state index contributed by atoms with van der Waals surface area (Å²) in [6.07, 6.45) is 3.20. The fourth-order valence-corrected chi connectivity index (χ4v) is 1.88. The van der Waals surface area contributed by atoms with Crippen LogP contribution in [-0.2, 0) is 9.59 Å². The topological polar surface area (TPSA) is 52.7 Å². The molecule has 1 N–H and O–H groups in total. The van der Waals surface area contributed by atoms with Gasteiger partial charge in [0.05, 0.1) is 0 Å². The monoisotopic (exact) mass is 255 g/mol. The molecule has 1 rings (SSSR count). The van der Waals surface area contributed by atoms with E-state index in [1.54, 1.807) is 11.8 Å². The van der Waals surface area contributed by atoms with E-state index in [2.05, 4.69) is 5.32 Å². The van der Waals surface area contributed by atoms with Gasteiger partial charge in [0.2, 0.25) is 11.8 Å². The molecule has 1 aliphatic rings. The van der Waals surface area contributed by atoms with Crippen molar-refractivity contribution in [1.29, 1.82) is 0 Å². The molecular weight excluding hydrogens is 230 g/mol. The molecule has 0 atom stereocenters. The maximum Gasteiger partial charge on any atom is 0.223 e. The van der Waals surface area contributed by atoms with E-state index in [1.165, 1.54) is 6.42 Å². The van der Waals surface area contributed by atoms with Gasteiger partial charge in [-0.2, -0.15) is 0 Å². The normalized spacial score (nSPS) is 15.3. The molecule has 0 aromatic rings. The molecule has 5 heteroatoms. The van der Waals surface area contributed by atoms with E-state index in [-0.39, 0.29) is 17.7 Å². The Kier molecular flexibility index (Phi) is 6.12. The molecule has 0 aromatic heterocycles. The fraction of sp³-hybridized carbons (Fsp3) is 0.846. The standard InChI is InChI=1S/C13H25N3O2/c1-11(17)16(10-9-15(2)3)8-7-14-13(18)12-5-4-6-12/h12H,4-10H2,1-3H3,(H,14,18). The number of hydrogen-bond donors (Lipinski definition) is 1. The Morgan fingerprint density at radius 3 is 2.28 bits per heavy atom. The maximum atomic E-state index is 11.6. The van der Waals surface area contributed by atoms with Gasteiger partial charge in [0.1, 0.15) is 0 Å².